The predicted octanol–water partition coefficient (Wildman–Crippen LogP) is 1.60. The Morgan fingerprint density at radius 2 is 2.35 bits per heavy atom. The lowest BCUT2D eigenvalue weighted by Crippen LogP contribution is -2.33. The van der Waals surface area contributed by atoms with Crippen LogP contribution in [0.1, 0.15) is 24.5 Å². The Balaban J connectivity index is 1.86. The van der Waals surface area contributed by atoms with Gasteiger partial charge in [-0.05, 0) is 37.1 Å². The van der Waals surface area contributed by atoms with Crippen molar-refractivity contribution in [2.24, 2.45) is 5.92 Å². The molecule has 3 rings (SSSR count). The third kappa shape index (κ3) is 2.06. The number of hydrogen-bond acceptors (Lipinski definition) is 3. The summed E-state index contributed by atoms with van der Waals surface area (Å²) < 4.78 is 0. The molecule has 4 heteroatoms. The summed E-state index contributed by atoms with van der Waals surface area (Å²) in [5, 5.41) is 13.7. The van der Waals surface area contributed by atoms with Gasteiger partial charge in [0.05, 0.1) is 23.5 Å². The highest BCUT2D eigenvalue weighted by Crippen LogP contribution is 2.28. The van der Waals surface area contributed by atoms with E-state index in [1.165, 1.54) is 0 Å². The second kappa shape index (κ2) is 4.47. The highest BCUT2D eigenvalue weighted by molar-refractivity contribution is 5.75. The lowest BCUT2D eigenvalue weighted by molar-refractivity contribution is 0.0923. The molecular formula is C13H17N3O. The summed E-state index contributed by atoms with van der Waals surface area (Å²) in [4.78, 5) is 7.26. The maximum absolute atomic E-state index is 10.4. The Labute approximate surface area is 100 Å². The van der Waals surface area contributed by atoms with E-state index in [1.54, 1.807) is 6.33 Å². The van der Waals surface area contributed by atoms with Crippen LogP contribution in [0.15, 0.2) is 24.5 Å². The second-order valence-electron chi connectivity index (χ2n) is 4.73. The molecule has 0 bridgehead atoms. The Morgan fingerprint density at radius 3 is 3.18 bits per heavy atom. The van der Waals surface area contributed by atoms with Gasteiger partial charge in [-0.2, -0.15) is 0 Å². The van der Waals surface area contributed by atoms with Crippen LogP contribution in [0.4, 0.5) is 0 Å². The zero-order valence-electron chi connectivity index (χ0n) is 9.69. The van der Waals surface area contributed by atoms with Crippen molar-refractivity contribution >= 4 is 11.0 Å². The Hall–Kier alpha value is -1.39. The largest absolute Gasteiger partial charge is 0.388 e. The predicted molar refractivity (Wildman–Crippen MR) is 66.6 cm³/mol. The van der Waals surface area contributed by atoms with Crippen LogP contribution >= 0.6 is 0 Å². The van der Waals surface area contributed by atoms with Crippen LogP contribution in [0.25, 0.3) is 11.0 Å². The van der Waals surface area contributed by atoms with Crippen LogP contribution < -0.4 is 5.32 Å². The molecule has 3 N–H and O–H groups in total. The molecule has 1 aromatic heterocycles. The molecule has 0 spiro atoms. The Bertz CT molecular complexity index is 502. The lowest BCUT2D eigenvalue weighted by atomic mass is 9.89. The topological polar surface area (TPSA) is 60.9 Å². The van der Waals surface area contributed by atoms with Gasteiger partial charge in [-0.25, -0.2) is 4.98 Å². The number of fused-ring (bicyclic) bond motifs is 1. The number of H-pyrrole nitrogens is 1. The Kier molecular flexibility index (Phi) is 2.82. The van der Waals surface area contributed by atoms with E-state index < -0.39 is 0 Å². The Morgan fingerprint density at radius 1 is 1.41 bits per heavy atom. The molecule has 1 saturated heterocycles. The zero-order chi connectivity index (χ0) is 11.7. The molecule has 0 amide bonds. The monoisotopic (exact) mass is 231 g/mol. The van der Waals surface area contributed by atoms with Gasteiger partial charge in [0.25, 0.3) is 0 Å². The molecule has 2 atom stereocenters. The van der Waals surface area contributed by atoms with Crippen molar-refractivity contribution in [1.82, 2.24) is 15.3 Å². The van der Waals surface area contributed by atoms with Gasteiger partial charge in [0.2, 0.25) is 0 Å². The molecule has 17 heavy (non-hydrogen) atoms. The molecule has 1 aliphatic rings. The van der Waals surface area contributed by atoms with E-state index in [1.807, 2.05) is 18.2 Å². The first-order valence-electron chi connectivity index (χ1n) is 6.16. The number of rotatable bonds is 2. The van der Waals surface area contributed by atoms with Gasteiger partial charge in [0.1, 0.15) is 0 Å². The van der Waals surface area contributed by atoms with E-state index >= 15 is 0 Å². The summed E-state index contributed by atoms with van der Waals surface area (Å²) in [5.74, 6) is 0.323. The lowest BCUT2D eigenvalue weighted by Gasteiger charge is -2.27. The normalized spacial score (nSPS) is 22.8. The molecule has 90 valence electrons. The number of hydrogen-bond donors (Lipinski definition) is 3. The van der Waals surface area contributed by atoms with Crippen LogP contribution in [0.3, 0.4) is 0 Å². The van der Waals surface area contributed by atoms with Gasteiger partial charge in [-0.1, -0.05) is 6.07 Å². The van der Waals surface area contributed by atoms with Crippen molar-refractivity contribution < 1.29 is 5.11 Å². The van der Waals surface area contributed by atoms with Crippen LogP contribution in [-0.4, -0.2) is 28.2 Å². The summed E-state index contributed by atoms with van der Waals surface area (Å²) >= 11 is 0. The van der Waals surface area contributed by atoms with Gasteiger partial charge in [0, 0.05) is 12.5 Å². The van der Waals surface area contributed by atoms with Crippen molar-refractivity contribution in [2.45, 2.75) is 18.9 Å². The number of nitrogens with one attached hydrogen (secondary N) is 2. The van der Waals surface area contributed by atoms with Crippen molar-refractivity contribution in [3.8, 4) is 0 Å². The summed E-state index contributed by atoms with van der Waals surface area (Å²) in [6.45, 7) is 1.98. The van der Waals surface area contributed by atoms with Crippen molar-refractivity contribution in [3.63, 3.8) is 0 Å². The standard InChI is InChI=1S/C13H17N3O/c17-13(10-2-1-5-14-7-10)9-3-4-11-12(6-9)16-8-15-11/h3-4,6,8,10,13-14,17H,1-2,5,7H2,(H,15,16). The van der Waals surface area contributed by atoms with Gasteiger partial charge in [0.15, 0.2) is 0 Å². The first kappa shape index (κ1) is 10.7. The molecule has 2 heterocycles. The first-order chi connectivity index (χ1) is 8.34. The first-order valence-corrected chi connectivity index (χ1v) is 6.16. The maximum atomic E-state index is 10.4. The highest BCUT2D eigenvalue weighted by atomic mass is 16.3. The van der Waals surface area contributed by atoms with E-state index in [9.17, 15) is 5.11 Å². The summed E-state index contributed by atoms with van der Waals surface area (Å²) in [6.07, 6.45) is 3.54. The van der Waals surface area contributed by atoms with Gasteiger partial charge in [-0.15, -0.1) is 0 Å². The van der Waals surface area contributed by atoms with E-state index in [0.29, 0.717) is 5.92 Å². The van der Waals surface area contributed by atoms with Crippen LogP contribution in [-0.2, 0) is 0 Å². The van der Waals surface area contributed by atoms with E-state index in [4.69, 9.17) is 0 Å². The summed E-state index contributed by atoms with van der Waals surface area (Å²) in [6, 6.07) is 5.94. The highest BCUT2D eigenvalue weighted by Gasteiger charge is 2.23. The molecule has 0 radical (unpaired) electrons. The molecule has 0 aliphatic carbocycles. The van der Waals surface area contributed by atoms with Crippen molar-refractivity contribution in [1.29, 1.82) is 0 Å². The molecular weight excluding hydrogens is 214 g/mol. The van der Waals surface area contributed by atoms with Gasteiger partial charge in [-0.3, -0.25) is 0 Å². The molecule has 4 nitrogen and oxygen atoms in total. The fourth-order valence-corrected chi connectivity index (χ4v) is 2.56. The fourth-order valence-electron chi connectivity index (χ4n) is 2.56. The average molecular weight is 231 g/mol. The SMILES string of the molecule is OC(c1ccc2nc[nH]c2c1)C1CCCNC1. The molecule has 1 aromatic carbocycles. The summed E-state index contributed by atoms with van der Waals surface area (Å²) in [5.41, 5.74) is 2.92. The smallest absolute Gasteiger partial charge is 0.0931 e. The third-order valence-corrected chi connectivity index (χ3v) is 3.57. The number of aromatic nitrogens is 2. The fraction of sp³-hybridized carbons (Fsp3) is 0.462. The molecule has 2 unspecified atom stereocenters. The van der Waals surface area contributed by atoms with Crippen molar-refractivity contribution in [3.05, 3.63) is 30.1 Å². The molecule has 1 fully saturated rings. The number of piperidine rings is 1. The van der Waals surface area contributed by atoms with E-state index in [-0.39, 0.29) is 6.10 Å². The zero-order valence-corrected chi connectivity index (χ0v) is 9.69. The summed E-state index contributed by atoms with van der Waals surface area (Å²) in [7, 11) is 0. The van der Waals surface area contributed by atoms with Crippen molar-refractivity contribution in [2.75, 3.05) is 13.1 Å². The van der Waals surface area contributed by atoms with Crippen LogP contribution in [0.5, 0.6) is 0 Å². The van der Waals surface area contributed by atoms with Gasteiger partial charge >= 0.3 is 0 Å². The van der Waals surface area contributed by atoms with Gasteiger partial charge < -0.3 is 15.4 Å². The quantitative estimate of drug-likeness (QED) is 0.735. The molecule has 0 saturated carbocycles. The maximum Gasteiger partial charge on any atom is 0.0931 e. The number of nitrogens with zero attached hydrogens (tertiary/aromatic N) is 1. The molecule has 1 aliphatic heterocycles. The number of aromatic amines is 1. The third-order valence-electron chi connectivity index (χ3n) is 3.57. The number of aliphatic hydroxyl groups is 1. The van der Waals surface area contributed by atoms with Crippen LogP contribution in [0, 0.1) is 5.92 Å². The minimum atomic E-state index is -0.379. The molecule has 2 aromatic rings. The minimum absolute atomic E-state index is 0.323. The number of imidazole rings is 1. The number of benzene rings is 1. The van der Waals surface area contributed by atoms with E-state index in [2.05, 4.69) is 15.3 Å². The minimum Gasteiger partial charge on any atom is -0.388 e. The van der Waals surface area contributed by atoms with E-state index in [0.717, 1.165) is 42.5 Å². The van der Waals surface area contributed by atoms with Crippen LogP contribution in [0.2, 0.25) is 0 Å². The average Bonchev–Trinajstić information content (AvgIpc) is 2.86. The second-order valence-corrected chi connectivity index (χ2v) is 4.73. The number of aliphatic hydroxyl groups excluding tert-OH is 1.